The molecule has 2 heterocycles. The fourth-order valence-corrected chi connectivity index (χ4v) is 3.87. The summed E-state index contributed by atoms with van der Waals surface area (Å²) >= 11 is 1.67. The van der Waals surface area contributed by atoms with E-state index in [4.69, 9.17) is 9.15 Å². The van der Waals surface area contributed by atoms with Gasteiger partial charge in [0.05, 0.1) is 7.11 Å². The Morgan fingerprint density at radius 2 is 1.68 bits per heavy atom. The van der Waals surface area contributed by atoms with E-state index < -0.39 is 0 Å². The summed E-state index contributed by atoms with van der Waals surface area (Å²) in [5.41, 5.74) is 3.47. The molecule has 0 aliphatic heterocycles. The lowest BCUT2D eigenvalue weighted by atomic mass is 10.1. The molecule has 0 saturated carbocycles. The third-order valence-corrected chi connectivity index (χ3v) is 5.33. The lowest BCUT2D eigenvalue weighted by molar-refractivity contribution is 0.414. The number of aryl methyl sites for hydroxylation is 1. The third-order valence-electron chi connectivity index (χ3n) is 4.16. The van der Waals surface area contributed by atoms with Crippen molar-refractivity contribution in [1.82, 2.24) is 0 Å². The van der Waals surface area contributed by atoms with Crippen molar-refractivity contribution in [1.29, 1.82) is 0 Å². The van der Waals surface area contributed by atoms with Gasteiger partial charge in [-0.3, -0.25) is 0 Å². The Kier molecular flexibility index (Phi) is 3.90. The van der Waals surface area contributed by atoms with Gasteiger partial charge in [0.1, 0.15) is 11.3 Å². The van der Waals surface area contributed by atoms with Crippen LogP contribution in [0.5, 0.6) is 5.75 Å². The fraction of sp³-hybridized carbons (Fsp3) is 0.0952. The summed E-state index contributed by atoms with van der Waals surface area (Å²) in [6.45, 7) is 2.08. The van der Waals surface area contributed by atoms with Crippen molar-refractivity contribution in [3.8, 4) is 26.6 Å². The van der Waals surface area contributed by atoms with Crippen LogP contribution in [0.3, 0.4) is 0 Å². The Hall–Kier alpha value is -2.85. The number of benzene rings is 2. The molecule has 124 valence electrons. The SMILES string of the molecule is COc1ccc2c(-c3ccc(-c4ccc(C)cc4)s3)cc(=O)oc2c1. The van der Waals surface area contributed by atoms with E-state index in [1.807, 2.05) is 12.1 Å². The number of hydrogen-bond acceptors (Lipinski definition) is 4. The van der Waals surface area contributed by atoms with E-state index in [9.17, 15) is 4.79 Å². The second-order valence-corrected chi connectivity index (χ2v) is 6.95. The molecule has 0 bridgehead atoms. The van der Waals surface area contributed by atoms with Crippen LogP contribution in [-0.2, 0) is 0 Å². The van der Waals surface area contributed by atoms with E-state index in [0.29, 0.717) is 11.3 Å². The van der Waals surface area contributed by atoms with Crippen molar-refractivity contribution in [3.05, 3.63) is 76.6 Å². The molecule has 0 aliphatic carbocycles. The van der Waals surface area contributed by atoms with E-state index in [1.54, 1.807) is 30.6 Å². The summed E-state index contributed by atoms with van der Waals surface area (Å²) in [5.74, 6) is 0.666. The molecular formula is C21H16O3S. The lowest BCUT2D eigenvalue weighted by Gasteiger charge is -2.05. The van der Waals surface area contributed by atoms with Crippen molar-refractivity contribution >= 4 is 22.3 Å². The third kappa shape index (κ3) is 2.96. The Morgan fingerprint density at radius 3 is 2.44 bits per heavy atom. The fourth-order valence-electron chi connectivity index (χ4n) is 2.83. The molecule has 2 aromatic heterocycles. The average molecular weight is 348 g/mol. The number of rotatable bonds is 3. The predicted molar refractivity (Wildman–Crippen MR) is 103 cm³/mol. The van der Waals surface area contributed by atoms with Gasteiger partial charge in [-0.25, -0.2) is 4.79 Å². The minimum absolute atomic E-state index is 0.360. The molecule has 2 aromatic carbocycles. The normalized spacial score (nSPS) is 11.0. The van der Waals surface area contributed by atoms with E-state index in [-0.39, 0.29) is 5.63 Å². The summed E-state index contributed by atoms with van der Waals surface area (Å²) in [4.78, 5) is 14.2. The van der Waals surface area contributed by atoms with Crippen LogP contribution in [-0.4, -0.2) is 7.11 Å². The standard InChI is InChI=1S/C21H16O3S/c1-13-3-5-14(6-4-13)19-9-10-20(25-19)17-12-21(22)24-18-11-15(23-2)7-8-16(17)18/h3-12H,1-2H3. The minimum atomic E-state index is -0.360. The van der Waals surface area contributed by atoms with E-state index >= 15 is 0 Å². The molecule has 4 heteroatoms. The monoisotopic (exact) mass is 348 g/mol. The quantitative estimate of drug-likeness (QED) is 0.459. The van der Waals surface area contributed by atoms with Gasteiger partial charge in [-0.2, -0.15) is 0 Å². The minimum Gasteiger partial charge on any atom is -0.497 e. The highest BCUT2D eigenvalue weighted by Crippen LogP contribution is 2.37. The zero-order valence-electron chi connectivity index (χ0n) is 13.9. The Labute approximate surface area is 149 Å². The zero-order valence-corrected chi connectivity index (χ0v) is 14.7. The molecule has 0 atom stereocenters. The summed E-state index contributed by atoms with van der Waals surface area (Å²) < 4.78 is 10.6. The number of methoxy groups -OCH3 is 1. The van der Waals surface area contributed by atoms with Crippen molar-refractivity contribution in [2.24, 2.45) is 0 Å². The van der Waals surface area contributed by atoms with Crippen LogP contribution < -0.4 is 10.4 Å². The van der Waals surface area contributed by atoms with Gasteiger partial charge in [0, 0.05) is 32.8 Å². The topological polar surface area (TPSA) is 39.4 Å². The van der Waals surface area contributed by atoms with Crippen molar-refractivity contribution < 1.29 is 9.15 Å². The molecule has 0 radical (unpaired) electrons. The molecule has 0 N–H and O–H groups in total. The Bertz CT molecular complexity index is 1100. The summed E-state index contributed by atoms with van der Waals surface area (Å²) in [6.07, 6.45) is 0. The number of thiophene rings is 1. The molecule has 0 spiro atoms. The first-order valence-electron chi connectivity index (χ1n) is 7.93. The van der Waals surface area contributed by atoms with Gasteiger partial charge in [-0.05, 0) is 36.8 Å². The summed E-state index contributed by atoms with van der Waals surface area (Å²) in [5, 5.41) is 0.901. The first kappa shape index (κ1) is 15.7. The van der Waals surface area contributed by atoms with E-state index in [1.165, 1.54) is 16.0 Å². The molecule has 0 unspecified atom stereocenters. The molecule has 0 fully saturated rings. The number of ether oxygens (including phenoxy) is 1. The summed E-state index contributed by atoms with van der Waals surface area (Å²) in [6, 6.07) is 19.7. The van der Waals surface area contributed by atoms with Gasteiger partial charge in [-0.1, -0.05) is 29.8 Å². The summed E-state index contributed by atoms with van der Waals surface area (Å²) in [7, 11) is 1.59. The molecule has 0 aliphatic rings. The van der Waals surface area contributed by atoms with Crippen LogP contribution in [0, 0.1) is 6.92 Å². The Balaban J connectivity index is 1.85. The van der Waals surface area contributed by atoms with Crippen molar-refractivity contribution in [3.63, 3.8) is 0 Å². The lowest BCUT2D eigenvalue weighted by Crippen LogP contribution is -1.97. The molecule has 4 rings (SSSR count). The number of hydrogen-bond donors (Lipinski definition) is 0. The van der Waals surface area contributed by atoms with Gasteiger partial charge in [0.15, 0.2) is 0 Å². The van der Waals surface area contributed by atoms with Crippen LogP contribution >= 0.6 is 11.3 Å². The maximum absolute atomic E-state index is 12.0. The zero-order chi connectivity index (χ0) is 17.4. The number of fused-ring (bicyclic) bond motifs is 1. The highest BCUT2D eigenvalue weighted by Gasteiger charge is 2.12. The predicted octanol–water partition coefficient (Wildman–Crippen LogP) is 5.51. The van der Waals surface area contributed by atoms with Crippen LogP contribution in [0.2, 0.25) is 0 Å². The molecule has 0 saturated heterocycles. The van der Waals surface area contributed by atoms with Crippen molar-refractivity contribution in [2.45, 2.75) is 6.92 Å². The van der Waals surface area contributed by atoms with Crippen molar-refractivity contribution in [2.75, 3.05) is 7.11 Å². The van der Waals surface area contributed by atoms with Crippen LogP contribution in [0.15, 0.2) is 69.9 Å². The first-order chi connectivity index (χ1) is 12.1. The highest BCUT2D eigenvalue weighted by molar-refractivity contribution is 7.18. The van der Waals surface area contributed by atoms with Crippen LogP contribution in [0.4, 0.5) is 0 Å². The first-order valence-corrected chi connectivity index (χ1v) is 8.75. The van der Waals surface area contributed by atoms with Gasteiger partial charge in [0.25, 0.3) is 0 Å². The second kappa shape index (κ2) is 6.22. The molecule has 4 aromatic rings. The second-order valence-electron chi connectivity index (χ2n) is 5.87. The van der Waals surface area contributed by atoms with Gasteiger partial charge >= 0.3 is 5.63 Å². The maximum Gasteiger partial charge on any atom is 0.336 e. The Morgan fingerprint density at radius 1 is 0.920 bits per heavy atom. The molecular weight excluding hydrogens is 332 g/mol. The molecule has 3 nitrogen and oxygen atoms in total. The highest BCUT2D eigenvalue weighted by atomic mass is 32.1. The van der Waals surface area contributed by atoms with E-state index in [0.717, 1.165) is 15.8 Å². The van der Waals surface area contributed by atoms with Crippen LogP contribution in [0.25, 0.3) is 31.9 Å². The van der Waals surface area contributed by atoms with Gasteiger partial charge in [0.2, 0.25) is 0 Å². The average Bonchev–Trinajstić information content (AvgIpc) is 3.11. The van der Waals surface area contributed by atoms with Crippen LogP contribution in [0.1, 0.15) is 5.56 Å². The molecule has 0 amide bonds. The van der Waals surface area contributed by atoms with Gasteiger partial charge in [-0.15, -0.1) is 11.3 Å². The van der Waals surface area contributed by atoms with E-state index in [2.05, 4.69) is 43.3 Å². The molecule has 25 heavy (non-hydrogen) atoms. The largest absolute Gasteiger partial charge is 0.497 e. The maximum atomic E-state index is 12.0. The van der Waals surface area contributed by atoms with Gasteiger partial charge < -0.3 is 9.15 Å². The smallest absolute Gasteiger partial charge is 0.336 e.